The van der Waals surface area contributed by atoms with Gasteiger partial charge in [-0.3, -0.25) is 4.79 Å². The number of ether oxygens (including phenoxy) is 1. The summed E-state index contributed by atoms with van der Waals surface area (Å²) in [6.07, 6.45) is 1.89. The number of nitrogens with one attached hydrogen (secondary N) is 2. The highest BCUT2D eigenvalue weighted by Crippen LogP contribution is 2.25. The summed E-state index contributed by atoms with van der Waals surface area (Å²) in [7, 11) is 0. The second-order valence-corrected chi connectivity index (χ2v) is 6.78. The third kappa shape index (κ3) is 3.51. The number of benzene rings is 1. The van der Waals surface area contributed by atoms with Gasteiger partial charge in [0, 0.05) is 23.6 Å². The Morgan fingerprint density at radius 2 is 2.14 bits per heavy atom. The Bertz CT molecular complexity index is 523. The van der Waals surface area contributed by atoms with E-state index < -0.39 is 0 Å². The van der Waals surface area contributed by atoms with Crippen LogP contribution in [0.2, 0.25) is 0 Å². The van der Waals surface area contributed by atoms with Gasteiger partial charge < -0.3 is 9.64 Å². The highest BCUT2D eigenvalue weighted by atomic mass is 79.9. The van der Waals surface area contributed by atoms with Crippen molar-refractivity contribution in [2.75, 3.05) is 19.7 Å². The van der Waals surface area contributed by atoms with Crippen LogP contribution in [0.1, 0.15) is 31.4 Å². The van der Waals surface area contributed by atoms with Crippen LogP contribution in [0.4, 0.5) is 0 Å². The number of nitrogens with zero attached hydrogens (tertiary/aromatic N) is 1. The molecule has 120 valence electrons. The minimum atomic E-state index is -0.163. The zero-order valence-corrected chi connectivity index (χ0v) is 14.3. The largest absolute Gasteiger partial charge is 0.375 e. The first kappa shape index (κ1) is 15.9. The van der Waals surface area contributed by atoms with Gasteiger partial charge in [-0.25, -0.2) is 10.9 Å². The van der Waals surface area contributed by atoms with Gasteiger partial charge in [-0.15, -0.1) is 0 Å². The Kier molecular flexibility index (Phi) is 5.13. The first-order valence-corrected chi connectivity index (χ1v) is 8.63. The molecule has 2 aliphatic heterocycles. The van der Waals surface area contributed by atoms with E-state index in [1.54, 1.807) is 0 Å². The highest BCUT2D eigenvalue weighted by molar-refractivity contribution is 9.10. The quantitative estimate of drug-likeness (QED) is 0.857. The van der Waals surface area contributed by atoms with Crippen molar-refractivity contribution < 1.29 is 9.53 Å². The fourth-order valence-corrected chi connectivity index (χ4v) is 3.28. The molecule has 1 amide bonds. The molecule has 2 saturated heterocycles. The predicted molar refractivity (Wildman–Crippen MR) is 88.2 cm³/mol. The number of hydrogen-bond acceptors (Lipinski definition) is 4. The maximum atomic E-state index is 12.7. The number of amides is 1. The average Bonchev–Trinajstić information content (AvgIpc) is 3.05. The number of hydrazine groups is 1. The Morgan fingerprint density at radius 1 is 1.36 bits per heavy atom. The second kappa shape index (κ2) is 7.08. The van der Waals surface area contributed by atoms with Crippen LogP contribution in [0.5, 0.6) is 0 Å². The van der Waals surface area contributed by atoms with E-state index in [0.29, 0.717) is 19.7 Å². The van der Waals surface area contributed by atoms with E-state index in [9.17, 15) is 4.79 Å². The maximum Gasteiger partial charge on any atom is 0.241 e. The van der Waals surface area contributed by atoms with Crippen LogP contribution in [0.3, 0.4) is 0 Å². The summed E-state index contributed by atoms with van der Waals surface area (Å²) < 4.78 is 6.70. The number of morpholine rings is 1. The van der Waals surface area contributed by atoms with E-state index in [2.05, 4.69) is 45.8 Å². The summed E-state index contributed by atoms with van der Waals surface area (Å²) in [5.41, 5.74) is 7.59. The van der Waals surface area contributed by atoms with Crippen LogP contribution in [0.15, 0.2) is 28.7 Å². The van der Waals surface area contributed by atoms with Gasteiger partial charge >= 0.3 is 0 Å². The molecule has 0 bridgehead atoms. The molecule has 1 aromatic carbocycles. The van der Waals surface area contributed by atoms with Crippen molar-refractivity contribution in [2.45, 2.75) is 38.0 Å². The summed E-state index contributed by atoms with van der Waals surface area (Å²) in [5, 5.41) is 0. The van der Waals surface area contributed by atoms with Crippen molar-refractivity contribution in [1.82, 2.24) is 15.8 Å². The lowest BCUT2D eigenvalue weighted by atomic mass is 10.0. The maximum absolute atomic E-state index is 12.7. The second-order valence-electron chi connectivity index (χ2n) is 5.87. The molecule has 22 heavy (non-hydrogen) atoms. The van der Waals surface area contributed by atoms with Crippen molar-refractivity contribution in [3.8, 4) is 0 Å². The first-order chi connectivity index (χ1) is 10.7. The van der Waals surface area contributed by atoms with Crippen LogP contribution in [-0.4, -0.2) is 42.6 Å². The van der Waals surface area contributed by atoms with E-state index in [1.807, 2.05) is 17.0 Å². The molecule has 1 aromatic rings. The van der Waals surface area contributed by atoms with Crippen molar-refractivity contribution in [3.05, 3.63) is 34.3 Å². The monoisotopic (exact) mass is 367 g/mol. The van der Waals surface area contributed by atoms with Gasteiger partial charge in [-0.2, -0.15) is 0 Å². The number of hydrogen-bond donors (Lipinski definition) is 2. The van der Waals surface area contributed by atoms with Crippen LogP contribution in [0, 0.1) is 0 Å². The molecule has 2 aliphatic rings. The van der Waals surface area contributed by atoms with Gasteiger partial charge in [0.05, 0.1) is 12.7 Å². The van der Waals surface area contributed by atoms with E-state index in [0.717, 1.165) is 17.3 Å². The molecule has 0 aliphatic carbocycles. The molecule has 3 rings (SSSR count). The third-order valence-corrected chi connectivity index (χ3v) is 4.91. The van der Waals surface area contributed by atoms with Crippen molar-refractivity contribution in [3.63, 3.8) is 0 Å². The highest BCUT2D eigenvalue weighted by Gasteiger charge is 2.34. The normalized spacial score (nSPS) is 28.8. The Balaban J connectivity index is 1.60. The fourth-order valence-electron chi connectivity index (χ4n) is 3.02. The van der Waals surface area contributed by atoms with E-state index in [4.69, 9.17) is 4.74 Å². The summed E-state index contributed by atoms with van der Waals surface area (Å²) in [6, 6.07) is 8.23. The zero-order chi connectivity index (χ0) is 15.5. The van der Waals surface area contributed by atoms with Crippen molar-refractivity contribution in [2.24, 2.45) is 0 Å². The molecule has 0 radical (unpaired) electrons. The van der Waals surface area contributed by atoms with Gasteiger partial charge in [-0.05, 0) is 30.5 Å². The Hall–Kier alpha value is -0.950. The zero-order valence-electron chi connectivity index (χ0n) is 12.7. The number of carbonyl (C=O) groups is 1. The molecule has 3 unspecified atom stereocenters. The predicted octanol–water partition coefficient (Wildman–Crippen LogP) is 1.99. The SMILES string of the molecule is CCC1CN(C(=O)C2CC(c3ccc(Br)cc3)NN2)CCO1. The van der Waals surface area contributed by atoms with Crippen molar-refractivity contribution >= 4 is 21.8 Å². The van der Waals surface area contributed by atoms with Crippen molar-refractivity contribution in [1.29, 1.82) is 0 Å². The molecule has 2 N–H and O–H groups in total. The molecule has 0 spiro atoms. The minimum absolute atomic E-state index is 0.163. The number of halogens is 1. The van der Waals surface area contributed by atoms with Gasteiger partial charge in [0.1, 0.15) is 6.04 Å². The molecule has 3 atom stereocenters. The summed E-state index contributed by atoms with van der Waals surface area (Å²) in [4.78, 5) is 14.6. The third-order valence-electron chi connectivity index (χ3n) is 4.38. The number of carbonyl (C=O) groups excluding carboxylic acids is 1. The molecule has 5 nitrogen and oxygen atoms in total. The van der Waals surface area contributed by atoms with Crippen LogP contribution in [-0.2, 0) is 9.53 Å². The van der Waals surface area contributed by atoms with Gasteiger partial charge in [0.2, 0.25) is 5.91 Å². The molecule has 6 heteroatoms. The molecule has 2 heterocycles. The molecule has 0 saturated carbocycles. The van der Waals surface area contributed by atoms with Crippen LogP contribution >= 0.6 is 15.9 Å². The van der Waals surface area contributed by atoms with E-state index in [1.165, 1.54) is 5.56 Å². The Labute approximate surface area is 139 Å². The molecular weight excluding hydrogens is 346 g/mol. The van der Waals surface area contributed by atoms with Gasteiger partial charge in [-0.1, -0.05) is 35.0 Å². The minimum Gasteiger partial charge on any atom is -0.375 e. The van der Waals surface area contributed by atoms with Gasteiger partial charge in [0.25, 0.3) is 0 Å². The lowest BCUT2D eigenvalue weighted by Crippen LogP contribution is -2.52. The topological polar surface area (TPSA) is 53.6 Å². The summed E-state index contributed by atoms with van der Waals surface area (Å²) >= 11 is 3.44. The van der Waals surface area contributed by atoms with Crippen LogP contribution in [0.25, 0.3) is 0 Å². The standard InChI is InChI=1S/C16H22BrN3O2/c1-2-13-10-20(7-8-22-13)16(21)15-9-14(18-19-15)11-3-5-12(17)6-4-11/h3-6,13-15,18-19H,2,7-10H2,1H3. The smallest absolute Gasteiger partial charge is 0.241 e. The summed E-state index contributed by atoms with van der Waals surface area (Å²) in [5.74, 6) is 0.175. The Morgan fingerprint density at radius 3 is 2.86 bits per heavy atom. The number of rotatable bonds is 3. The lowest BCUT2D eigenvalue weighted by molar-refractivity contribution is -0.140. The molecule has 2 fully saturated rings. The summed E-state index contributed by atoms with van der Waals surface area (Å²) in [6.45, 7) is 4.13. The average molecular weight is 368 g/mol. The van der Waals surface area contributed by atoms with Crippen LogP contribution < -0.4 is 10.9 Å². The van der Waals surface area contributed by atoms with E-state index in [-0.39, 0.29) is 24.1 Å². The van der Waals surface area contributed by atoms with Gasteiger partial charge in [0.15, 0.2) is 0 Å². The molecule has 0 aromatic heterocycles. The lowest BCUT2D eigenvalue weighted by Gasteiger charge is -2.33. The fraction of sp³-hybridized carbons (Fsp3) is 0.562. The van der Waals surface area contributed by atoms with E-state index >= 15 is 0 Å². The first-order valence-electron chi connectivity index (χ1n) is 7.84. The molecular formula is C16H22BrN3O2.